The van der Waals surface area contributed by atoms with Crippen LogP contribution in [-0.2, 0) is 9.53 Å². The number of rotatable bonds is 7. The maximum Gasteiger partial charge on any atom is 0.222 e. The molecule has 0 unspecified atom stereocenters. The molecular weight excluding hydrogens is 328 g/mol. The monoisotopic (exact) mass is 360 g/mol. The van der Waals surface area contributed by atoms with Gasteiger partial charge in [0.05, 0.1) is 19.8 Å². The van der Waals surface area contributed by atoms with Gasteiger partial charge in [-0.3, -0.25) is 9.69 Å². The van der Waals surface area contributed by atoms with Crippen molar-refractivity contribution < 1.29 is 14.3 Å². The fourth-order valence-electron chi connectivity index (χ4n) is 4.00. The molecule has 2 aliphatic rings. The van der Waals surface area contributed by atoms with Crippen molar-refractivity contribution in [3.05, 3.63) is 30.3 Å². The first-order valence-electron chi connectivity index (χ1n) is 10.0. The molecule has 1 atom stereocenters. The minimum Gasteiger partial charge on any atom is -0.494 e. The molecule has 0 aromatic heterocycles. The predicted molar refractivity (Wildman–Crippen MR) is 102 cm³/mol. The zero-order valence-corrected chi connectivity index (χ0v) is 15.9. The van der Waals surface area contributed by atoms with E-state index in [2.05, 4.69) is 11.8 Å². The van der Waals surface area contributed by atoms with Crippen LogP contribution in [0.5, 0.6) is 5.75 Å². The van der Waals surface area contributed by atoms with Gasteiger partial charge < -0.3 is 14.4 Å². The molecule has 0 radical (unpaired) electrons. The molecule has 144 valence electrons. The maximum absolute atomic E-state index is 12.4. The van der Waals surface area contributed by atoms with Crippen molar-refractivity contribution in [1.82, 2.24) is 9.80 Å². The molecule has 1 aromatic rings. The van der Waals surface area contributed by atoms with Gasteiger partial charge in [0.25, 0.3) is 0 Å². The van der Waals surface area contributed by atoms with Crippen LogP contribution < -0.4 is 4.74 Å². The molecule has 0 N–H and O–H groups in total. The van der Waals surface area contributed by atoms with E-state index in [-0.39, 0.29) is 5.91 Å². The van der Waals surface area contributed by atoms with E-state index in [1.165, 1.54) is 0 Å². The second-order valence-corrected chi connectivity index (χ2v) is 7.37. The molecule has 5 nitrogen and oxygen atoms in total. The van der Waals surface area contributed by atoms with Gasteiger partial charge in [-0.15, -0.1) is 0 Å². The van der Waals surface area contributed by atoms with E-state index >= 15 is 0 Å². The largest absolute Gasteiger partial charge is 0.494 e. The summed E-state index contributed by atoms with van der Waals surface area (Å²) in [5.41, 5.74) is 0. The molecule has 2 saturated heterocycles. The zero-order valence-electron chi connectivity index (χ0n) is 15.9. The number of hydrogen-bond donors (Lipinski definition) is 0. The third-order valence-electron chi connectivity index (χ3n) is 5.74. The van der Waals surface area contributed by atoms with Crippen molar-refractivity contribution in [3.8, 4) is 5.75 Å². The smallest absolute Gasteiger partial charge is 0.222 e. The van der Waals surface area contributed by atoms with Crippen molar-refractivity contribution in [1.29, 1.82) is 0 Å². The van der Waals surface area contributed by atoms with Gasteiger partial charge in [0.15, 0.2) is 0 Å². The Bertz CT molecular complexity index is 537. The van der Waals surface area contributed by atoms with Gasteiger partial charge in [0.1, 0.15) is 5.75 Å². The molecule has 2 heterocycles. The highest BCUT2D eigenvalue weighted by atomic mass is 16.5. The van der Waals surface area contributed by atoms with E-state index in [1.807, 2.05) is 35.2 Å². The SMILES string of the molecule is C[C@@H](C1CCN(C(=O)CCCOc2ccccc2)CC1)N1CCOCC1. The van der Waals surface area contributed by atoms with Gasteiger partial charge >= 0.3 is 0 Å². The maximum atomic E-state index is 12.4. The number of amides is 1. The third-order valence-corrected chi connectivity index (χ3v) is 5.74. The lowest BCUT2D eigenvalue weighted by atomic mass is 9.89. The lowest BCUT2D eigenvalue weighted by Crippen LogP contribution is -2.49. The van der Waals surface area contributed by atoms with Crippen LogP contribution in [0.3, 0.4) is 0 Å². The minimum absolute atomic E-state index is 0.277. The van der Waals surface area contributed by atoms with Crippen LogP contribution >= 0.6 is 0 Å². The summed E-state index contributed by atoms with van der Waals surface area (Å²) in [6.07, 6.45) is 3.59. The highest BCUT2D eigenvalue weighted by Crippen LogP contribution is 2.25. The first-order valence-corrected chi connectivity index (χ1v) is 10.0. The number of carbonyl (C=O) groups excluding carboxylic acids is 1. The Hall–Kier alpha value is -1.59. The zero-order chi connectivity index (χ0) is 18.2. The predicted octanol–water partition coefficient (Wildman–Crippen LogP) is 2.80. The van der Waals surface area contributed by atoms with Gasteiger partial charge in [0, 0.05) is 38.6 Å². The van der Waals surface area contributed by atoms with E-state index in [9.17, 15) is 4.79 Å². The Labute approximate surface area is 157 Å². The second-order valence-electron chi connectivity index (χ2n) is 7.37. The number of morpholine rings is 1. The third kappa shape index (κ3) is 5.45. The van der Waals surface area contributed by atoms with Crippen molar-refractivity contribution in [2.45, 2.75) is 38.6 Å². The molecular formula is C21H32N2O3. The lowest BCUT2D eigenvalue weighted by Gasteiger charge is -2.41. The molecule has 0 bridgehead atoms. The average Bonchev–Trinajstić information content (AvgIpc) is 2.72. The van der Waals surface area contributed by atoms with Gasteiger partial charge in [-0.2, -0.15) is 0 Å². The first kappa shape index (κ1) is 19.2. The summed E-state index contributed by atoms with van der Waals surface area (Å²) in [7, 11) is 0. The number of nitrogens with zero attached hydrogens (tertiary/aromatic N) is 2. The van der Waals surface area contributed by atoms with Crippen molar-refractivity contribution in [2.24, 2.45) is 5.92 Å². The standard InChI is InChI=1S/C21H32N2O3/c1-18(22-13-16-25-17-14-22)19-9-11-23(12-10-19)21(24)8-5-15-26-20-6-3-2-4-7-20/h2-4,6-7,18-19H,5,8-17H2,1H3/t18-/m0/s1. The van der Waals surface area contributed by atoms with Gasteiger partial charge in [-0.05, 0) is 44.2 Å². The van der Waals surface area contributed by atoms with Crippen LogP contribution in [0, 0.1) is 5.92 Å². The summed E-state index contributed by atoms with van der Waals surface area (Å²) in [5, 5.41) is 0. The topological polar surface area (TPSA) is 42.0 Å². The van der Waals surface area contributed by atoms with Crippen molar-refractivity contribution >= 4 is 5.91 Å². The summed E-state index contributed by atoms with van der Waals surface area (Å²) in [6, 6.07) is 10.4. The van der Waals surface area contributed by atoms with E-state index in [0.29, 0.717) is 25.0 Å². The average molecular weight is 360 g/mol. The number of ether oxygens (including phenoxy) is 2. The summed E-state index contributed by atoms with van der Waals surface area (Å²) in [6.45, 7) is 8.53. The molecule has 3 rings (SSSR count). The molecule has 26 heavy (non-hydrogen) atoms. The Balaban J connectivity index is 1.33. The summed E-state index contributed by atoms with van der Waals surface area (Å²) < 4.78 is 11.1. The Morgan fingerprint density at radius 1 is 1.15 bits per heavy atom. The van der Waals surface area contributed by atoms with Crippen molar-refractivity contribution in [2.75, 3.05) is 46.0 Å². The van der Waals surface area contributed by atoms with Crippen LogP contribution in [0.25, 0.3) is 0 Å². The van der Waals surface area contributed by atoms with Crippen molar-refractivity contribution in [3.63, 3.8) is 0 Å². The fraction of sp³-hybridized carbons (Fsp3) is 0.667. The lowest BCUT2D eigenvalue weighted by molar-refractivity contribution is -0.133. The number of piperidine rings is 1. The second kappa shape index (κ2) is 9.93. The highest BCUT2D eigenvalue weighted by Gasteiger charge is 2.29. The number of benzene rings is 1. The van der Waals surface area contributed by atoms with E-state index in [0.717, 1.165) is 64.4 Å². The number of carbonyl (C=O) groups is 1. The molecule has 1 amide bonds. The summed E-state index contributed by atoms with van der Waals surface area (Å²) in [5.74, 6) is 1.84. The minimum atomic E-state index is 0.277. The molecule has 0 aliphatic carbocycles. The van der Waals surface area contributed by atoms with Crippen LogP contribution in [0.1, 0.15) is 32.6 Å². The van der Waals surface area contributed by atoms with E-state index < -0.39 is 0 Å². The molecule has 0 spiro atoms. The van der Waals surface area contributed by atoms with E-state index in [1.54, 1.807) is 0 Å². The number of likely N-dealkylation sites (tertiary alicyclic amines) is 1. The normalized spacial score (nSPS) is 20.7. The first-order chi connectivity index (χ1) is 12.7. The summed E-state index contributed by atoms with van der Waals surface area (Å²) >= 11 is 0. The molecule has 5 heteroatoms. The van der Waals surface area contributed by atoms with Gasteiger partial charge in [-0.1, -0.05) is 18.2 Å². The Morgan fingerprint density at radius 2 is 1.85 bits per heavy atom. The van der Waals surface area contributed by atoms with Crippen LogP contribution in [0.15, 0.2) is 30.3 Å². The number of hydrogen-bond acceptors (Lipinski definition) is 4. The Kier molecular flexibility index (Phi) is 7.32. The van der Waals surface area contributed by atoms with Crippen LogP contribution in [0.2, 0.25) is 0 Å². The van der Waals surface area contributed by atoms with E-state index in [4.69, 9.17) is 9.47 Å². The number of para-hydroxylation sites is 1. The quantitative estimate of drug-likeness (QED) is 0.701. The molecule has 2 aliphatic heterocycles. The highest BCUT2D eigenvalue weighted by molar-refractivity contribution is 5.76. The molecule has 0 saturated carbocycles. The summed E-state index contributed by atoms with van der Waals surface area (Å²) in [4.78, 5) is 17.0. The molecule has 1 aromatic carbocycles. The Morgan fingerprint density at radius 3 is 2.54 bits per heavy atom. The van der Waals surface area contributed by atoms with Crippen LogP contribution in [0.4, 0.5) is 0 Å². The van der Waals surface area contributed by atoms with Gasteiger partial charge in [-0.25, -0.2) is 0 Å². The van der Waals surface area contributed by atoms with Crippen LogP contribution in [-0.4, -0.2) is 67.7 Å². The fourth-order valence-corrected chi connectivity index (χ4v) is 4.00. The molecule has 2 fully saturated rings. The van der Waals surface area contributed by atoms with Gasteiger partial charge in [0.2, 0.25) is 5.91 Å².